The van der Waals surface area contributed by atoms with E-state index in [1.54, 1.807) is 12.1 Å². The highest BCUT2D eigenvalue weighted by Crippen LogP contribution is 2.30. The lowest BCUT2D eigenvalue weighted by atomic mass is 10.1. The summed E-state index contributed by atoms with van der Waals surface area (Å²) in [5.41, 5.74) is 2.39. The highest BCUT2D eigenvalue weighted by molar-refractivity contribution is 9.10. The monoisotopic (exact) mass is 421 g/mol. The van der Waals surface area contributed by atoms with Crippen molar-refractivity contribution in [2.45, 2.75) is 6.92 Å². The number of rotatable bonds is 4. The van der Waals surface area contributed by atoms with E-state index >= 15 is 0 Å². The summed E-state index contributed by atoms with van der Waals surface area (Å²) >= 11 is 9.55. The molecule has 1 N–H and O–H groups in total. The molecule has 0 saturated carbocycles. The van der Waals surface area contributed by atoms with E-state index in [0.717, 1.165) is 48.6 Å². The number of benzene rings is 2. The van der Waals surface area contributed by atoms with Crippen LogP contribution in [0.15, 0.2) is 46.9 Å². The van der Waals surface area contributed by atoms with Crippen molar-refractivity contribution in [1.29, 1.82) is 0 Å². The van der Waals surface area contributed by atoms with E-state index in [9.17, 15) is 4.79 Å². The Hall–Kier alpha value is -1.56. The van der Waals surface area contributed by atoms with Gasteiger partial charge in [-0.2, -0.15) is 0 Å². The largest absolute Gasteiger partial charge is 0.367 e. The van der Waals surface area contributed by atoms with Gasteiger partial charge in [-0.25, -0.2) is 0 Å². The summed E-state index contributed by atoms with van der Waals surface area (Å²) in [6.45, 7) is 7.19. The molecule has 2 aromatic carbocycles. The fraction of sp³-hybridized carbons (Fsp3) is 0.316. The van der Waals surface area contributed by atoms with E-state index < -0.39 is 0 Å². The van der Waals surface area contributed by atoms with Gasteiger partial charge in [0.05, 0.1) is 11.4 Å². The van der Waals surface area contributed by atoms with Crippen LogP contribution in [0.2, 0.25) is 5.02 Å². The van der Waals surface area contributed by atoms with Crippen LogP contribution in [0.5, 0.6) is 0 Å². The second-order valence-electron chi connectivity index (χ2n) is 6.04. The van der Waals surface area contributed by atoms with Crippen LogP contribution in [0, 0.1) is 0 Å². The normalized spacial score (nSPS) is 15.2. The van der Waals surface area contributed by atoms with Gasteiger partial charge in [0, 0.05) is 41.2 Å². The molecule has 6 heteroatoms. The third-order valence-corrected chi connectivity index (χ3v) is 5.24. The first-order valence-electron chi connectivity index (χ1n) is 8.40. The number of anilines is 2. The maximum absolute atomic E-state index is 12.6. The van der Waals surface area contributed by atoms with Gasteiger partial charge < -0.3 is 15.1 Å². The zero-order valence-corrected chi connectivity index (χ0v) is 16.5. The Balaban J connectivity index is 1.79. The average Bonchev–Trinajstić information content (AvgIpc) is 2.62. The standard InChI is InChI=1S/C19H21BrClN3O/c1-2-23-9-11-24(12-10-23)18-8-7-16(21)13-17(18)22-19(25)14-3-5-15(20)6-4-14/h3-8,13H,2,9-12H2,1H3,(H,22,25). The van der Waals surface area contributed by atoms with Gasteiger partial charge in [0.1, 0.15) is 0 Å². The molecule has 1 heterocycles. The molecule has 1 aliphatic heterocycles. The summed E-state index contributed by atoms with van der Waals surface area (Å²) in [6.07, 6.45) is 0. The minimum atomic E-state index is -0.136. The van der Waals surface area contributed by atoms with E-state index in [1.165, 1.54) is 0 Å². The Kier molecular flexibility index (Phi) is 5.99. The molecule has 1 aliphatic rings. The lowest BCUT2D eigenvalue weighted by molar-refractivity contribution is 0.102. The number of amides is 1. The molecule has 0 aromatic heterocycles. The number of halogens is 2. The fourth-order valence-corrected chi connectivity index (χ4v) is 3.42. The molecule has 1 fully saturated rings. The van der Waals surface area contributed by atoms with Crippen molar-refractivity contribution in [3.05, 3.63) is 57.5 Å². The quantitative estimate of drug-likeness (QED) is 0.788. The Morgan fingerprint density at radius 2 is 1.80 bits per heavy atom. The van der Waals surface area contributed by atoms with Gasteiger partial charge in [-0.3, -0.25) is 4.79 Å². The molecule has 3 rings (SSSR count). The maximum Gasteiger partial charge on any atom is 0.255 e. The van der Waals surface area contributed by atoms with Gasteiger partial charge in [-0.05, 0) is 49.0 Å². The average molecular weight is 423 g/mol. The minimum Gasteiger partial charge on any atom is -0.367 e. The first-order valence-corrected chi connectivity index (χ1v) is 9.57. The van der Waals surface area contributed by atoms with Gasteiger partial charge in [0.2, 0.25) is 0 Å². The van der Waals surface area contributed by atoms with E-state index in [4.69, 9.17) is 11.6 Å². The molecular formula is C19H21BrClN3O. The molecule has 0 bridgehead atoms. The van der Waals surface area contributed by atoms with E-state index in [0.29, 0.717) is 10.6 Å². The van der Waals surface area contributed by atoms with Crippen LogP contribution >= 0.6 is 27.5 Å². The van der Waals surface area contributed by atoms with Crippen LogP contribution in [0.3, 0.4) is 0 Å². The predicted molar refractivity (Wildman–Crippen MR) is 108 cm³/mol. The Morgan fingerprint density at radius 1 is 1.12 bits per heavy atom. The van der Waals surface area contributed by atoms with E-state index in [2.05, 4.69) is 38.0 Å². The summed E-state index contributed by atoms with van der Waals surface area (Å²) in [5, 5.41) is 3.63. The third-order valence-electron chi connectivity index (χ3n) is 4.47. The predicted octanol–water partition coefficient (Wildman–Crippen LogP) is 4.50. The zero-order chi connectivity index (χ0) is 17.8. The first kappa shape index (κ1) is 18.2. The van der Waals surface area contributed by atoms with Crippen LogP contribution in [0.4, 0.5) is 11.4 Å². The Labute approximate surface area is 161 Å². The molecule has 0 radical (unpaired) electrons. The van der Waals surface area contributed by atoms with Crippen molar-refractivity contribution in [2.24, 2.45) is 0 Å². The fourth-order valence-electron chi connectivity index (χ4n) is 2.98. The minimum absolute atomic E-state index is 0.136. The highest BCUT2D eigenvalue weighted by Gasteiger charge is 2.19. The molecule has 4 nitrogen and oxygen atoms in total. The smallest absolute Gasteiger partial charge is 0.255 e. The number of hydrogen-bond donors (Lipinski definition) is 1. The first-order chi connectivity index (χ1) is 12.1. The topological polar surface area (TPSA) is 35.6 Å². The molecule has 0 unspecified atom stereocenters. The highest BCUT2D eigenvalue weighted by atomic mass is 79.9. The van der Waals surface area contributed by atoms with Gasteiger partial charge in [-0.1, -0.05) is 34.5 Å². The molecule has 1 amide bonds. The number of carbonyl (C=O) groups excluding carboxylic acids is 1. The molecular weight excluding hydrogens is 402 g/mol. The van der Waals surface area contributed by atoms with E-state index in [1.807, 2.05) is 30.3 Å². The van der Waals surface area contributed by atoms with Gasteiger partial charge in [0.25, 0.3) is 5.91 Å². The van der Waals surface area contributed by atoms with Crippen molar-refractivity contribution in [1.82, 2.24) is 4.90 Å². The lowest BCUT2D eigenvalue weighted by Gasteiger charge is -2.36. The lowest BCUT2D eigenvalue weighted by Crippen LogP contribution is -2.46. The van der Waals surface area contributed by atoms with Gasteiger partial charge in [-0.15, -0.1) is 0 Å². The summed E-state index contributed by atoms with van der Waals surface area (Å²) in [5.74, 6) is -0.136. The Bertz CT molecular complexity index is 743. The summed E-state index contributed by atoms with van der Waals surface area (Å²) < 4.78 is 0.946. The molecule has 132 valence electrons. The summed E-state index contributed by atoms with van der Waals surface area (Å²) in [4.78, 5) is 17.3. The number of hydrogen-bond acceptors (Lipinski definition) is 3. The van der Waals surface area contributed by atoms with Crippen LogP contribution in [-0.2, 0) is 0 Å². The molecule has 0 atom stereocenters. The van der Waals surface area contributed by atoms with Gasteiger partial charge >= 0.3 is 0 Å². The third kappa shape index (κ3) is 4.54. The molecule has 2 aromatic rings. The second kappa shape index (κ2) is 8.21. The van der Waals surface area contributed by atoms with E-state index in [-0.39, 0.29) is 5.91 Å². The van der Waals surface area contributed by atoms with Crippen LogP contribution in [0.25, 0.3) is 0 Å². The molecule has 0 spiro atoms. The van der Waals surface area contributed by atoms with Crippen LogP contribution in [-0.4, -0.2) is 43.5 Å². The van der Waals surface area contributed by atoms with Crippen molar-refractivity contribution >= 4 is 44.8 Å². The Morgan fingerprint density at radius 3 is 2.44 bits per heavy atom. The second-order valence-corrected chi connectivity index (χ2v) is 7.40. The van der Waals surface area contributed by atoms with Gasteiger partial charge in [0.15, 0.2) is 0 Å². The number of likely N-dealkylation sites (N-methyl/N-ethyl adjacent to an activating group) is 1. The van der Waals surface area contributed by atoms with Crippen LogP contribution < -0.4 is 10.2 Å². The summed E-state index contributed by atoms with van der Waals surface area (Å²) in [7, 11) is 0. The maximum atomic E-state index is 12.6. The zero-order valence-electron chi connectivity index (χ0n) is 14.1. The van der Waals surface area contributed by atoms with Crippen molar-refractivity contribution in [2.75, 3.05) is 42.9 Å². The number of carbonyl (C=O) groups is 1. The van der Waals surface area contributed by atoms with Crippen molar-refractivity contribution in [3.8, 4) is 0 Å². The number of piperazine rings is 1. The molecule has 1 saturated heterocycles. The summed E-state index contributed by atoms with van der Waals surface area (Å²) in [6, 6.07) is 13.0. The molecule has 25 heavy (non-hydrogen) atoms. The van der Waals surface area contributed by atoms with Crippen molar-refractivity contribution in [3.63, 3.8) is 0 Å². The molecule has 0 aliphatic carbocycles. The van der Waals surface area contributed by atoms with Crippen molar-refractivity contribution < 1.29 is 4.79 Å². The number of nitrogens with zero attached hydrogens (tertiary/aromatic N) is 2. The number of nitrogens with one attached hydrogen (secondary N) is 1. The SMILES string of the molecule is CCN1CCN(c2ccc(Cl)cc2NC(=O)c2ccc(Br)cc2)CC1. The van der Waals surface area contributed by atoms with Crippen LogP contribution in [0.1, 0.15) is 17.3 Å².